The summed E-state index contributed by atoms with van der Waals surface area (Å²) in [6, 6.07) is 10.1. The van der Waals surface area contributed by atoms with Gasteiger partial charge in [0, 0.05) is 22.7 Å². The standard InChI is InChI=1S/C16H14ClFN2O2/c1-2-20-15(21)19-14-8-7-10(17)9-12(14)16(20,22)11-5-3-4-6-13(11)18/h3-9,22H,2H2,1H3,(H,19,21). The molecule has 1 atom stereocenters. The number of nitrogens with one attached hydrogen (secondary N) is 1. The molecule has 4 nitrogen and oxygen atoms in total. The SMILES string of the molecule is CCN1C(=O)Nc2ccc(Cl)cc2C1(O)c1ccccc1F. The third-order valence-corrected chi connectivity index (χ3v) is 4.04. The molecule has 6 heteroatoms. The first kappa shape index (κ1) is 14.8. The number of carbonyl (C=O) groups is 1. The Bertz CT molecular complexity index is 753. The molecule has 0 radical (unpaired) electrons. The van der Waals surface area contributed by atoms with Gasteiger partial charge >= 0.3 is 6.03 Å². The Morgan fingerprint density at radius 3 is 2.68 bits per heavy atom. The van der Waals surface area contributed by atoms with E-state index in [9.17, 15) is 14.3 Å². The lowest BCUT2D eigenvalue weighted by Gasteiger charge is -2.44. The third kappa shape index (κ3) is 2.05. The number of hydrogen-bond donors (Lipinski definition) is 2. The van der Waals surface area contributed by atoms with Crippen molar-refractivity contribution in [1.29, 1.82) is 0 Å². The van der Waals surface area contributed by atoms with Crippen LogP contribution in [-0.4, -0.2) is 22.6 Å². The second-order valence-corrected chi connectivity index (χ2v) is 5.45. The molecule has 2 N–H and O–H groups in total. The van der Waals surface area contributed by atoms with Crippen LogP contribution in [0.2, 0.25) is 5.02 Å². The summed E-state index contributed by atoms with van der Waals surface area (Å²) < 4.78 is 14.3. The topological polar surface area (TPSA) is 52.6 Å². The molecule has 0 saturated carbocycles. The Hall–Kier alpha value is -2.11. The van der Waals surface area contributed by atoms with Crippen LogP contribution in [-0.2, 0) is 5.72 Å². The summed E-state index contributed by atoms with van der Waals surface area (Å²) >= 11 is 6.02. The van der Waals surface area contributed by atoms with E-state index in [-0.39, 0.29) is 12.1 Å². The Kier molecular flexibility index (Phi) is 3.54. The van der Waals surface area contributed by atoms with Crippen LogP contribution in [0.4, 0.5) is 14.9 Å². The summed E-state index contributed by atoms with van der Waals surface area (Å²) in [5.74, 6) is -0.593. The van der Waals surface area contributed by atoms with Crippen molar-refractivity contribution >= 4 is 23.3 Å². The highest BCUT2D eigenvalue weighted by molar-refractivity contribution is 6.30. The van der Waals surface area contributed by atoms with Crippen molar-refractivity contribution in [1.82, 2.24) is 4.90 Å². The predicted molar refractivity (Wildman–Crippen MR) is 82.2 cm³/mol. The molecule has 0 bridgehead atoms. The maximum absolute atomic E-state index is 14.3. The van der Waals surface area contributed by atoms with Crippen molar-refractivity contribution in [3.63, 3.8) is 0 Å². The molecule has 114 valence electrons. The van der Waals surface area contributed by atoms with E-state index in [1.165, 1.54) is 29.2 Å². The van der Waals surface area contributed by atoms with Gasteiger partial charge < -0.3 is 10.4 Å². The molecule has 2 amide bonds. The maximum atomic E-state index is 14.3. The smallest absolute Gasteiger partial charge is 0.324 e. The minimum Gasteiger partial charge on any atom is -0.363 e. The van der Waals surface area contributed by atoms with Gasteiger partial charge in [-0.05, 0) is 31.2 Å². The van der Waals surface area contributed by atoms with E-state index in [4.69, 9.17) is 11.6 Å². The molecule has 0 aliphatic carbocycles. The lowest BCUT2D eigenvalue weighted by Crippen LogP contribution is -2.55. The number of fused-ring (bicyclic) bond motifs is 1. The normalized spacial score (nSPS) is 20.5. The molecule has 22 heavy (non-hydrogen) atoms. The molecule has 1 aliphatic heterocycles. The number of rotatable bonds is 2. The van der Waals surface area contributed by atoms with Crippen molar-refractivity contribution < 1.29 is 14.3 Å². The van der Waals surface area contributed by atoms with Crippen molar-refractivity contribution in [2.45, 2.75) is 12.6 Å². The van der Waals surface area contributed by atoms with E-state index in [1.54, 1.807) is 25.1 Å². The van der Waals surface area contributed by atoms with Crippen LogP contribution < -0.4 is 5.32 Å². The highest BCUT2D eigenvalue weighted by atomic mass is 35.5. The summed E-state index contributed by atoms with van der Waals surface area (Å²) in [4.78, 5) is 13.4. The van der Waals surface area contributed by atoms with Crippen molar-refractivity contribution in [3.05, 3.63) is 64.4 Å². The first-order chi connectivity index (χ1) is 10.5. The number of hydrogen-bond acceptors (Lipinski definition) is 2. The molecule has 2 aromatic carbocycles. The van der Waals surface area contributed by atoms with E-state index in [0.29, 0.717) is 16.3 Å². The largest absolute Gasteiger partial charge is 0.363 e. The average Bonchev–Trinajstić information content (AvgIpc) is 2.49. The number of benzene rings is 2. The molecule has 0 fully saturated rings. The zero-order chi connectivity index (χ0) is 15.9. The van der Waals surface area contributed by atoms with Crippen LogP contribution in [0.3, 0.4) is 0 Å². The number of aliphatic hydroxyl groups is 1. The molecule has 3 rings (SSSR count). The van der Waals surface area contributed by atoms with Gasteiger partial charge in [0.05, 0.1) is 5.69 Å². The van der Waals surface area contributed by atoms with Crippen LogP contribution in [0.15, 0.2) is 42.5 Å². The van der Waals surface area contributed by atoms with Crippen molar-refractivity contribution in [2.24, 2.45) is 0 Å². The Balaban J connectivity index is 2.33. The van der Waals surface area contributed by atoms with Gasteiger partial charge in [0.1, 0.15) is 5.82 Å². The quantitative estimate of drug-likeness (QED) is 0.889. The van der Waals surface area contributed by atoms with E-state index in [0.717, 1.165) is 0 Å². The van der Waals surface area contributed by atoms with E-state index in [1.807, 2.05) is 0 Å². The van der Waals surface area contributed by atoms with Crippen LogP contribution in [0.1, 0.15) is 18.1 Å². The summed E-state index contributed by atoms with van der Waals surface area (Å²) in [6.07, 6.45) is 0. The Morgan fingerprint density at radius 2 is 2.00 bits per heavy atom. The minimum absolute atomic E-state index is 0.00946. The van der Waals surface area contributed by atoms with Crippen LogP contribution in [0.5, 0.6) is 0 Å². The van der Waals surface area contributed by atoms with Gasteiger partial charge in [-0.3, -0.25) is 4.90 Å². The number of anilines is 1. The zero-order valence-corrected chi connectivity index (χ0v) is 12.6. The van der Waals surface area contributed by atoms with Gasteiger partial charge in [0.2, 0.25) is 0 Å². The predicted octanol–water partition coefficient (Wildman–Crippen LogP) is 3.54. The van der Waals surface area contributed by atoms with Crippen LogP contribution >= 0.6 is 11.6 Å². The second kappa shape index (κ2) is 5.26. The van der Waals surface area contributed by atoms with Crippen LogP contribution in [0, 0.1) is 5.82 Å². The number of nitrogens with zero attached hydrogens (tertiary/aromatic N) is 1. The molecular formula is C16H14ClFN2O2. The van der Waals surface area contributed by atoms with Gasteiger partial charge in [0.15, 0.2) is 5.72 Å². The average molecular weight is 321 g/mol. The molecule has 0 aromatic heterocycles. The Labute approximate surface area is 132 Å². The first-order valence-electron chi connectivity index (χ1n) is 6.84. The fourth-order valence-electron chi connectivity index (χ4n) is 2.80. The molecule has 1 aliphatic rings. The molecule has 0 saturated heterocycles. The fourth-order valence-corrected chi connectivity index (χ4v) is 2.97. The summed E-state index contributed by atoms with van der Waals surface area (Å²) in [5.41, 5.74) is -1.16. The van der Waals surface area contributed by atoms with E-state index >= 15 is 0 Å². The zero-order valence-electron chi connectivity index (χ0n) is 11.8. The highest BCUT2D eigenvalue weighted by Gasteiger charge is 2.47. The minimum atomic E-state index is -1.91. The van der Waals surface area contributed by atoms with Gasteiger partial charge in [0.25, 0.3) is 0 Å². The molecular weight excluding hydrogens is 307 g/mol. The molecule has 2 aromatic rings. The summed E-state index contributed by atoms with van der Waals surface area (Å²) in [6.45, 7) is 1.91. The fraction of sp³-hybridized carbons (Fsp3) is 0.188. The monoisotopic (exact) mass is 320 g/mol. The summed E-state index contributed by atoms with van der Waals surface area (Å²) in [7, 11) is 0. The van der Waals surface area contributed by atoms with Gasteiger partial charge in [-0.1, -0.05) is 29.8 Å². The third-order valence-electron chi connectivity index (χ3n) is 3.80. The molecule has 1 unspecified atom stereocenters. The van der Waals surface area contributed by atoms with Crippen LogP contribution in [0.25, 0.3) is 0 Å². The van der Waals surface area contributed by atoms with Gasteiger partial charge in [-0.15, -0.1) is 0 Å². The lowest BCUT2D eigenvalue weighted by molar-refractivity contribution is -0.0518. The van der Waals surface area contributed by atoms with Crippen molar-refractivity contribution in [2.75, 3.05) is 11.9 Å². The Morgan fingerprint density at radius 1 is 1.27 bits per heavy atom. The number of halogens is 2. The maximum Gasteiger partial charge on any atom is 0.324 e. The number of carbonyl (C=O) groups excluding carboxylic acids is 1. The van der Waals surface area contributed by atoms with Crippen molar-refractivity contribution in [3.8, 4) is 0 Å². The second-order valence-electron chi connectivity index (χ2n) is 5.02. The van der Waals surface area contributed by atoms with Gasteiger partial charge in [-0.25, -0.2) is 9.18 Å². The van der Waals surface area contributed by atoms with Gasteiger partial charge in [-0.2, -0.15) is 0 Å². The molecule has 1 heterocycles. The number of amides is 2. The van der Waals surface area contributed by atoms with E-state index in [2.05, 4.69) is 5.32 Å². The van der Waals surface area contributed by atoms with E-state index < -0.39 is 17.6 Å². The first-order valence-corrected chi connectivity index (χ1v) is 7.22. The summed E-state index contributed by atoms with van der Waals surface area (Å²) in [5, 5.41) is 14.4. The molecule has 0 spiro atoms. The number of urea groups is 1. The lowest BCUT2D eigenvalue weighted by atomic mass is 9.89. The highest BCUT2D eigenvalue weighted by Crippen LogP contribution is 2.42.